The van der Waals surface area contributed by atoms with E-state index < -0.39 is 17.5 Å². The van der Waals surface area contributed by atoms with Gasteiger partial charge >= 0.3 is 0 Å². The first-order valence-corrected chi connectivity index (χ1v) is 6.62. The Kier molecular flexibility index (Phi) is 4.21. The van der Waals surface area contributed by atoms with Crippen molar-refractivity contribution in [2.75, 3.05) is 0 Å². The summed E-state index contributed by atoms with van der Waals surface area (Å²) in [6.45, 7) is 4.63. The summed E-state index contributed by atoms with van der Waals surface area (Å²) in [5.41, 5.74) is -0.0142. The first-order valence-electron chi connectivity index (χ1n) is 5.81. The second-order valence-corrected chi connectivity index (χ2v) is 5.51. The summed E-state index contributed by atoms with van der Waals surface area (Å²) < 4.78 is 39.6. The van der Waals surface area contributed by atoms with Gasteiger partial charge in [0.15, 0.2) is 17.5 Å². The number of aromatic nitrogens is 1. The number of rotatable bonds is 4. The number of nitrogens with zero attached hydrogens (tertiary/aromatic N) is 1. The molecule has 2 nitrogen and oxygen atoms in total. The van der Waals surface area contributed by atoms with Crippen molar-refractivity contribution in [3.63, 3.8) is 0 Å². The average molecular weight is 286 g/mol. The van der Waals surface area contributed by atoms with Crippen molar-refractivity contribution < 1.29 is 13.2 Å². The molecule has 0 amide bonds. The average Bonchev–Trinajstić information content (AvgIpc) is 2.82. The van der Waals surface area contributed by atoms with E-state index in [1.165, 1.54) is 17.4 Å². The van der Waals surface area contributed by atoms with Crippen molar-refractivity contribution in [1.29, 1.82) is 0 Å². The number of benzene rings is 1. The van der Waals surface area contributed by atoms with E-state index in [9.17, 15) is 13.2 Å². The third-order valence-electron chi connectivity index (χ3n) is 2.50. The summed E-state index contributed by atoms with van der Waals surface area (Å²) in [6.07, 6.45) is 1.61. The first kappa shape index (κ1) is 14.0. The third kappa shape index (κ3) is 3.13. The summed E-state index contributed by atoms with van der Waals surface area (Å²) in [7, 11) is 0. The molecule has 1 aromatic carbocycles. The minimum atomic E-state index is -1.46. The number of hydrogen-bond donors (Lipinski definition) is 1. The lowest BCUT2D eigenvalue weighted by Crippen LogP contribution is -2.21. The van der Waals surface area contributed by atoms with E-state index in [4.69, 9.17) is 0 Å². The molecule has 0 aliphatic heterocycles. The van der Waals surface area contributed by atoms with E-state index >= 15 is 0 Å². The summed E-state index contributed by atoms with van der Waals surface area (Å²) in [6, 6.07) is 2.43. The maximum Gasteiger partial charge on any atom is 0.195 e. The molecule has 1 heterocycles. The molecule has 0 unspecified atom stereocenters. The van der Waals surface area contributed by atoms with Crippen molar-refractivity contribution in [3.8, 4) is 10.6 Å². The van der Waals surface area contributed by atoms with E-state index in [0.717, 1.165) is 10.9 Å². The smallest absolute Gasteiger partial charge is 0.195 e. The molecule has 6 heteroatoms. The van der Waals surface area contributed by atoms with Gasteiger partial charge in [-0.05, 0) is 12.1 Å². The Morgan fingerprint density at radius 3 is 2.63 bits per heavy atom. The highest BCUT2D eigenvalue weighted by Gasteiger charge is 2.17. The fraction of sp³-hybridized carbons (Fsp3) is 0.308. The fourth-order valence-electron chi connectivity index (χ4n) is 1.51. The maximum absolute atomic E-state index is 13.6. The lowest BCUT2D eigenvalue weighted by atomic mass is 10.2. The molecular weight excluding hydrogens is 273 g/mol. The van der Waals surface area contributed by atoms with E-state index in [1.54, 1.807) is 6.20 Å². The van der Waals surface area contributed by atoms with Crippen LogP contribution in [-0.2, 0) is 6.54 Å². The van der Waals surface area contributed by atoms with Crippen LogP contribution in [0.25, 0.3) is 10.6 Å². The molecule has 0 atom stereocenters. The molecular formula is C13H13F3N2S. The van der Waals surface area contributed by atoms with Crippen LogP contribution in [-0.4, -0.2) is 11.0 Å². The molecule has 1 N–H and O–H groups in total. The molecule has 0 aliphatic carbocycles. The molecule has 0 saturated heterocycles. The van der Waals surface area contributed by atoms with Crippen molar-refractivity contribution in [2.45, 2.75) is 26.4 Å². The van der Waals surface area contributed by atoms with Crippen molar-refractivity contribution in [3.05, 3.63) is 40.7 Å². The molecule has 1 aromatic heterocycles. The van der Waals surface area contributed by atoms with Crippen molar-refractivity contribution >= 4 is 11.3 Å². The van der Waals surface area contributed by atoms with Crippen LogP contribution in [0.2, 0.25) is 0 Å². The Labute approximate surface area is 113 Å². The summed E-state index contributed by atoms with van der Waals surface area (Å²) in [5.74, 6) is -3.85. The van der Waals surface area contributed by atoms with E-state index in [0.29, 0.717) is 17.6 Å². The number of nitrogens with one attached hydrogen (secondary N) is 1. The fourth-order valence-corrected chi connectivity index (χ4v) is 2.39. The van der Waals surface area contributed by atoms with Gasteiger partial charge in [0.2, 0.25) is 0 Å². The Bertz CT molecular complexity index is 581. The topological polar surface area (TPSA) is 24.9 Å². The minimum absolute atomic E-state index is 0.0142. The van der Waals surface area contributed by atoms with Gasteiger partial charge in [-0.25, -0.2) is 18.2 Å². The van der Waals surface area contributed by atoms with Gasteiger partial charge < -0.3 is 5.32 Å². The lowest BCUT2D eigenvalue weighted by Gasteiger charge is -2.04. The molecule has 0 radical (unpaired) electrons. The largest absolute Gasteiger partial charge is 0.310 e. The van der Waals surface area contributed by atoms with Gasteiger partial charge in [0.1, 0.15) is 5.01 Å². The Morgan fingerprint density at radius 1 is 1.21 bits per heavy atom. The van der Waals surface area contributed by atoms with Crippen molar-refractivity contribution in [1.82, 2.24) is 10.3 Å². The molecule has 19 heavy (non-hydrogen) atoms. The first-order chi connectivity index (χ1) is 8.99. The van der Waals surface area contributed by atoms with Crippen LogP contribution in [0.4, 0.5) is 13.2 Å². The zero-order valence-corrected chi connectivity index (χ0v) is 11.3. The van der Waals surface area contributed by atoms with Crippen LogP contribution < -0.4 is 5.32 Å². The zero-order chi connectivity index (χ0) is 14.0. The zero-order valence-electron chi connectivity index (χ0n) is 10.5. The second-order valence-electron chi connectivity index (χ2n) is 4.39. The number of hydrogen-bond acceptors (Lipinski definition) is 3. The molecule has 0 fully saturated rings. The van der Waals surface area contributed by atoms with Crippen LogP contribution in [0.1, 0.15) is 18.7 Å². The van der Waals surface area contributed by atoms with Gasteiger partial charge in [-0.1, -0.05) is 13.8 Å². The predicted octanol–water partition coefficient (Wildman–Crippen LogP) is 3.73. The third-order valence-corrected chi connectivity index (χ3v) is 3.53. The van der Waals surface area contributed by atoms with Crippen molar-refractivity contribution in [2.24, 2.45) is 0 Å². The highest BCUT2D eigenvalue weighted by molar-refractivity contribution is 7.15. The molecule has 0 saturated carbocycles. The number of halogens is 3. The SMILES string of the molecule is CC(C)NCc1cnc(-c2ccc(F)c(F)c2F)s1. The number of thiazole rings is 1. The molecule has 102 valence electrons. The van der Waals surface area contributed by atoms with Gasteiger partial charge in [-0.2, -0.15) is 0 Å². The molecule has 2 rings (SSSR count). The standard InChI is InChI=1S/C13H13F3N2S/c1-7(2)17-5-8-6-18-13(19-8)9-3-4-10(14)12(16)11(9)15/h3-4,6-7,17H,5H2,1-2H3. The molecule has 0 aliphatic rings. The van der Waals surface area contributed by atoms with Crippen LogP contribution in [0, 0.1) is 17.5 Å². The lowest BCUT2D eigenvalue weighted by molar-refractivity contribution is 0.449. The molecule has 0 spiro atoms. The summed E-state index contributed by atoms with van der Waals surface area (Å²) >= 11 is 1.25. The van der Waals surface area contributed by atoms with Gasteiger partial charge in [0, 0.05) is 29.2 Å². The quantitative estimate of drug-likeness (QED) is 0.866. The normalized spacial score (nSPS) is 11.3. The van der Waals surface area contributed by atoms with Crippen LogP contribution in [0.15, 0.2) is 18.3 Å². The second kappa shape index (κ2) is 5.71. The Hall–Kier alpha value is -1.40. The van der Waals surface area contributed by atoms with E-state index in [2.05, 4.69) is 10.3 Å². The van der Waals surface area contributed by atoms with Gasteiger partial charge in [-0.3, -0.25) is 0 Å². The van der Waals surface area contributed by atoms with Crippen LogP contribution >= 0.6 is 11.3 Å². The minimum Gasteiger partial charge on any atom is -0.310 e. The van der Waals surface area contributed by atoms with Gasteiger partial charge in [0.05, 0.1) is 0 Å². The van der Waals surface area contributed by atoms with E-state index in [1.807, 2.05) is 13.8 Å². The van der Waals surface area contributed by atoms with Crippen LogP contribution in [0.3, 0.4) is 0 Å². The maximum atomic E-state index is 13.6. The van der Waals surface area contributed by atoms with E-state index in [-0.39, 0.29) is 5.56 Å². The Morgan fingerprint density at radius 2 is 1.95 bits per heavy atom. The van der Waals surface area contributed by atoms with Crippen LogP contribution in [0.5, 0.6) is 0 Å². The predicted molar refractivity (Wildman–Crippen MR) is 69.4 cm³/mol. The summed E-state index contributed by atoms with van der Waals surface area (Å²) in [4.78, 5) is 4.96. The highest BCUT2D eigenvalue weighted by Crippen LogP contribution is 2.29. The summed E-state index contributed by atoms with van der Waals surface area (Å²) in [5, 5.41) is 3.55. The Balaban J connectivity index is 2.26. The monoisotopic (exact) mass is 286 g/mol. The van der Waals surface area contributed by atoms with Gasteiger partial charge in [-0.15, -0.1) is 11.3 Å². The molecule has 0 bridgehead atoms. The van der Waals surface area contributed by atoms with Gasteiger partial charge in [0.25, 0.3) is 0 Å². The molecule has 2 aromatic rings. The highest BCUT2D eigenvalue weighted by atomic mass is 32.1.